The molecule has 1 saturated heterocycles. The molecule has 7 nitrogen and oxygen atoms in total. The van der Waals surface area contributed by atoms with E-state index in [1.54, 1.807) is 6.07 Å². The molecule has 160 valence electrons. The second-order valence-electron chi connectivity index (χ2n) is 7.33. The Hall–Kier alpha value is -2.61. The summed E-state index contributed by atoms with van der Waals surface area (Å²) >= 11 is 6.21. The number of carbonyl (C=O) groups excluding carboxylic acids is 1. The lowest BCUT2D eigenvalue weighted by atomic mass is 10.1. The van der Waals surface area contributed by atoms with E-state index in [2.05, 4.69) is 15.4 Å². The molecule has 1 aliphatic rings. The maximum atomic E-state index is 12.2. The number of aryl methyl sites for hydroxylation is 2. The SMILES string of the molecule is Cc1cc(C)c(NC(=O)CO/N=C(\N)c2cccc(CN3CCOCC3)c2)c(Cl)c1. The van der Waals surface area contributed by atoms with Crippen molar-refractivity contribution in [1.82, 2.24) is 4.90 Å². The summed E-state index contributed by atoms with van der Waals surface area (Å²) in [5, 5.41) is 7.13. The molecule has 0 aromatic heterocycles. The van der Waals surface area contributed by atoms with Crippen molar-refractivity contribution in [3.63, 3.8) is 0 Å². The van der Waals surface area contributed by atoms with Crippen LogP contribution in [0.4, 0.5) is 5.69 Å². The Kier molecular flexibility index (Phi) is 7.68. The molecule has 30 heavy (non-hydrogen) atoms. The molecule has 3 N–H and O–H groups in total. The van der Waals surface area contributed by atoms with Gasteiger partial charge in [0.05, 0.1) is 23.9 Å². The van der Waals surface area contributed by atoms with Gasteiger partial charge in [0.15, 0.2) is 12.4 Å². The van der Waals surface area contributed by atoms with Crippen LogP contribution < -0.4 is 11.1 Å². The molecule has 2 aromatic rings. The van der Waals surface area contributed by atoms with Crippen molar-refractivity contribution >= 4 is 29.0 Å². The highest BCUT2D eigenvalue weighted by molar-refractivity contribution is 6.34. The van der Waals surface area contributed by atoms with Gasteiger partial charge < -0.3 is 20.6 Å². The lowest BCUT2D eigenvalue weighted by Crippen LogP contribution is -2.35. The minimum atomic E-state index is -0.360. The Morgan fingerprint density at radius 1 is 1.27 bits per heavy atom. The fourth-order valence-electron chi connectivity index (χ4n) is 3.31. The Bertz CT molecular complexity index is 903. The Balaban J connectivity index is 1.55. The van der Waals surface area contributed by atoms with Crippen LogP contribution in [-0.4, -0.2) is 49.6 Å². The normalized spacial score (nSPS) is 15.1. The van der Waals surface area contributed by atoms with Gasteiger partial charge in [-0.3, -0.25) is 9.69 Å². The zero-order valence-corrected chi connectivity index (χ0v) is 18.0. The maximum absolute atomic E-state index is 12.2. The molecule has 0 atom stereocenters. The molecular formula is C22H27ClN4O3. The zero-order chi connectivity index (χ0) is 21.5. The number of anilines is 1. The van der Waals surface area contributed by atoms with Gasteiger partial charge in [0.1, 0.15) is 0 Å². The summed E-state index contributed by atoms with van der Waals surface area (Å²) in [5.41, 5.74) is 10.4. The molecule has 0 radical (unpaired) electrons. The van der Waals surface area contributed by atoms with Crippen molar-refractivity contribution in [1.29, 1.82) is 0 Å². The number of nitrogens with one attached hydrogen (secondary N) is 1. The molecule has 2 aromatic carbocycles. The van der Waals surface area contributed by atoms with Crippen molar-refractivity contribution in [2.75, 3.05) is 38.2 Å². The second-order valence-corrected chi connectivity index (χ2v) is 7.73. The summed E-state index contributed by atoms with van der Waals surface area (Å²) in [5.74, 6) is -0.141. The van der Waals surface area contributed by atoms with E-state index in [9.17, 15) is 4.79 Å². The topological polar surface area (TPSA) is 89.2 Å². The number of nitrogens with two attached hydrogens (primary N) is 1. The number of rotatable bonds is 7. The molecule has 0 unspecified atom stereocenters. The van der Waals surface area contributed by atoms with Crippen LogP contribution in [0.1, 0.15) is 22.3 Å². The molecule has 0 saturated carbocycles. The molecule has 8 heteroatoms. The smallest absolute Gasteiger partial charge is 0.265 e. The van der Waals surface area contributed by atoms with E-state index in [-0.39, 0.29) is 18.3 Å². The third kappa shape index (κ3) is 6.19. The molecule has 1 heterocycles. The average molecular weight is 431 g/mol. The van der Waals surface area contributed by atoms with Gasteiger partial charge in [0.25, 0.3) is 5.91 Å². The number of benzene rings is 2. The Morgan fingerprint density at radius 2 is 2.03 bits per heavy atom. The van der Waals surface area contributed by atoms with Gasteiger partial charge in [-0.2, -0.15) is 0 Å². The van der Waals surface area contributed by atoms with E-state index in [1.165, 1.54) is 0 Å². The first-order chi connectivity index (χ1) is 14.4. The van der Waals surface area contributed by atoms with Crippen LogP contribution in [0.3, 0.4) is 0 Å². The number of hydrogen-bond donors (Lipinski definition) is 2. The van der Waals surface area contributed by atoms with Crippen molar-refractivity contribution < 1.29 is 14.4 Å². The van der Waals surface area contributed by atoms with Gasteiger partial charge in [-0.25, -0.2) is 0 Å². The van der Waals surface area contributed by atoms with Crippen molar-refractivity contribution in [3.8, 4) is 0 Å². The maximum Gasteiger partial charge on any atom is 0.265 e. The standard InChI is InChI=1S/C22H27ClN4O3/c1-15-10-16(2)21(19(23)11-15)25-20(28)14-30-26-22(24)18-5-3-4-17(12-18)13-27-6-8-29-9-7-27/h3-5,10-12H,6-9,13-14H2,1-2H3,(H2,24,26)(H,25,28). The molecular weight excluding hydrogens is 404 g/mol. The van der Waals surface area contributed by atoms with Crippen LogP contribution >= 0.6 is 11.6 Å². The summed E-state index contributed by atoms with van der Waals surface area (Å²) in [6.07, 6.45) is 0. The summed E-state index contributed by atoms with van der Waals surface area (Å²) < 4.78 is 5.38. The highest BCUT2D eigenvalue weighted by Gasteiger charge is 2.12. The number of hydrogen-bond acceptors (Lipinski definition) is 5. The molecule has 0 bridgehead atoms. The first-order valence-corrected chi connectivity index (χ1v) is 10.2. The molecule has 1 aliphatic heterocycles. The monoisotopic (exact) mass is 430 g/mol. The number of amides is 1. The number of oxime groups is 1. The highest BCUT2D eigenvalue weighted by atomic mass is 35.5. The molecule has 0 aliphatic carbocycles. The van der Waals surface area contributed by atoms with E-state index < -0.39 is 0 Å². The summed E-state index contributed by atoms with van der Waals surface area (Å²) in [4.78, 5) is 19.7. The van der Waals surface area contributed by atoms with Gasteiger partial charge >= 0.3 is 0 Å². The molecule has 0 spiro atoms. The van der Waals surface area contributed by atoms with E-state index in [0.717, 1.165) is 55.1 Å². The van der Waals surface area contributed by atoms with Crippen LogP contribution in [0.15, 0.2) is 41.6 Å². The van der Waals surface area contributed by atoms with Gasteiger partial charge in [-0.1, -0.05) is 41.0 Å². The number of carbonyl (C=O) groups is 1. The van der Waals surface area contributed by atoms with Gasteiger partial charge in [-0.05, 0) is 42.7 Å². The largest absolute Gasteiger partial charge is 0.384 e. The number of ether oxygens (including phenoxy) is 1. The van der Waals surface area contributed by atoms with Crippen LogP contribution in [0.5, 0.6) is 0 Å². The van der Waals surface area contributed by atoms with E-state index in [0.29, 0.717) is 10.7 Å². The van der Waals surface area contributed by atoms with Crippen LogP contribution in [0.2, 0.25) is 5.02 Å². The molecule has 3 rings (SSSR count). The lowest BCUT2D eigenvalue weighted by Gasteiger charge is -2.26. The second kappa shape index (κ2) is 10.4. The number of amidine groups is 1. The van der Waals surface area contributed by atoms with E-state index in [1.807, 2.05) is 44.2 Å². The van der Waals surface area contributed by atoms with Crippen LogP contribution in [0.25, 0.3) is 0 Å². The fourth-order valence-corrected chi connectivity index (χ4v) is 3.68. The minimum absolute atomic E-state index is 0.219. The Morgan fingerprint density at radius 3 is 2.77 bits per heavy atom. The average Bonchev–Trinajstić information content (AvgIpc) is 2.71. The Labute approximate surface area is 181 Å². The van der Waals surface area contributed by atoms with E-state index >= 15 is 0 Å². The number of halogens is 1. The third-order valence-electron chi connectivity index (χ3n) is 4.79. The summed E-state index contributed by atoms with van der Waals surface area (Å²) in [7, 11) is 0. The summed E-state index contributed by atoms with van der Waals surface area (Å²) in [6, 6.07) is 11.6. The zero-order valence-electron chi connectivity index (χ0n) is 17.3. The molecule has 1 fully saturated rings. The highest BCUT2D eigenvalue weighted by Crippen LogP contribution is 2.27. The molecule has 1 amide bonds. The fraction of sp³-hybridized carbons (Fsp3) is 0.364. The first-order valence-electron chi connectivity index (χ1n) is 9.84. The van der Waals surface area contributed by atoms with Gasteiger partial charge in [0, 0.05) is 25.2 Å². The van der Waals surface area contributed by atoms with Crippen molar-refractivity contribution in [2.24, 2.45) is 10.9 Å². The predicted molar refractivity (Wildman–Crippen MR) is 119 cm³/mol. The minimum Gasteiger partial charge on any atom is -0.384 e. The van der Waals surface area contributed by atoms with Gasteiger partial charge in [0.2, 0.25) is 0 Å². The number of nitrogens with zero attached hydrogens (tertiary/aromatic N) is 2. The van der Waals surface area contributed by atoms with Crippen molar-refractivity contribution in [3.05, 3.63) is 63.7 Å². The predicted octanol–water partition coefficient (Wildman–Crippen LogP) is 3.06. The third-order valence-corrected chi connectivity index (χ3v) is 5.09. The van der Waals surface area contributed by atoms with Crippen LogP contribution in [0, 0.1) is 13.8 Å². The summed E-state index contributed by atoms with van der Waals surface area (Å²) in [6.45, 7) is 7.73. The van der Waals surface area contributed by atoms with Gasteiger partial charge in [-0.15, -0.1) is 0 Å². The van der Waals surface area contributed by atoms with Crippen LogP contribution in [-0.2, 0) is 20.9 Å². The quantitative estimate of drug-likeness (QED) is 0.400. The number of morpholine rings is 1. The lowest BCUT2D eigenvalue weighted by molar-refractivity contribution is -0.120. The van der Waals surface area contributed by atoms with E-state index in [4.69, 9.17) is 26.9 Å². The first kappa shape index (κ1) is 22.1. The van der Waals surface area contributed by atoms with Crippen molar-refractivity contribution in [2.45, 2.75) is 20.4 Å².